The maximum atomic E-state index is 14.7. The lowest BCUT2D eigenvalue weighted by atomic mass is 9.97. The van der Waals surface area contributed by atoms with Crippen LogP contribution in [0.3, 0.4) is 0 Å². The average Bonchev–Trinajstić information content (AvgIpc) is 2.73. The lowest BCUT2D eigenvalue weighted by Crippen LogP contribution is -2.31. The van der Waals surface area contributed by atoms with E-state index in [1.807, 2.05) is 36.4 Å². The summed E-state index contributed by atoms with van der Waals surface area (Å²) < 4.78 is 14.7. The number of halogens is 1. The number of hydrogen-bond acceptors (Lipinski definition) is 3. The van der Waals surface area contributed by atoms with Gasteiger partial charge in [0.2, 0.25) is 0 Å². The zero-order valence-electron chi connectivity index (χ0n) is 18.0. The lowest BCUT2D eigenvalue weighted by molar-refractivity contribution is -0.192. The minimum atomic E-state index is -0.519. The topological polar surface area (TPSA) is 29.5 Å². The fourth-order valence-electron chi connectivity index (χ4n) is 3.27. The Labute approximate surface area is 174 Å². The number of carbonyl (C=O) groups is 1. The number of carbonyl (C=O) groups excluding carboxylic acids is 1. The summed E-state index contributed by atoms with van der Waals surface area (Å²) in [5.74, 6) is -1.17. The predicted molar refractivity (Wildman–Crippen MR) is 117 cm³/mol. The number of hydrogen-bond donors (Lipinski definition) is 0. The molecule has 0 heterocycles. The van der Waals surface area contributed by atoms with Crippen LogP contribution in [0.15, 0.2) is 48.5 Å². The normalized spacial score (nSPS) is 12.2. The first-order valence-electron chi connectivity index (χ1n) is 10.9. The smallest absolute Gasteiger partial charge is 0.332 e. The molecule has 0 aliphatic carbocycles. The van der Waals surface area contributed by atoms with Crippen molar-refractivity contribution in [3.63, 3.8) is 0 Å². The van der Waals surface area contributed by atoms with Crippen molar-refractivity contribution in [3.05, 3.63) is 59.9 Å². The molecule has 0 saturated carbocycles. The molecule has 3 nitrogen and oxygen atoms in total. The molecule has 0 spiro atoms. The van der Waals surface area contributed by atoms with Crippen LogP contribution in [0, 0.1) is 5.82 Å². The van der Waals surface area contributed by atoms with Crippen LogP contribution in [0.5, 0.6) is 0 Å². The van der Waals surface area contributed by atoms with Gasteiger partial charge >= 0.3 is 5.97 Å². The minimum Gasteiger partial charge on any atom is -0.367 e. The first-order valence-corrected chi connectivity index (χ1v) is 10.9. The molecule has 29 heavy (non-hydrogen) atoms. The molecule has 2 aromatic carbocycles. The molecule has 0 amide bonds. The zero-order chi connectivity index (χ0) is 21.1. The van der Waals surface area contributed by atoms with E-state index < -0.39 is 5.92 Å². The molecule has 0 radical (unpaired) electrons. The Hall–Kier alpha value is -2.20. The molecule has 4 heteroatoms. The highest BCUT2D eigenvalue weighted by molar-refractivity contribution is 5.78. The van der Waals surface area contributed by atoms with Crippen molar-refractivity contribution in [1.29, 1.82) is 0 Å². The first kappa shape index (κ1) is 23.1. The molecular weight excluding hydrogens is 365 g/mol. The molecule has 0 saturated heterocycles. The van der Waals surface area contributed by atoms with Crippen molar-refractivity contribution in [2.45, 2.75) is 65.2 Å². The number of unbranched alkanes of at least 4 members (excludes halogenated alkanes) is 4. The van der Waals surface area contributed by atoms with Crippen LogP contribution < -0.4 is 0 Å². The Morgan fingerprint density at radius 1 is 0.966 bits per heavy atom. The molecule has 0 aliphatic rings. The summed E-state index contributed by atoms with van der Waals surface area (Å²) in [7, 11) is 0. The zero-order valence-corrected chi connectivity index (χ0v) is 18.0. The number of rotatable bonds is 12. The highest BCUT2D eigenvalue weighted by Crippen LogP contribution is 2.27. The van der Waals surface area contributed by atoms with Gasteiger partial charge in [0.1, 0.15) is 5.82 Å². The van der Waals surface area contributed by atoms with E-state index in [4.69, 9.17) is 4.84 Å². The third-order valence-corrected chi connectivity index (χ3v) is 5.17. The van der Waals surface area contributed by atoms with Gasteiger partial charge in [0.15, 0.2) is 0 Å². The molecule has 0 aliphatic heterocycles. The number of hydroxylamine groups is 2. The second-order valence-electron chi connectivity index (χ2n) is 7.58. The van der Waals surface area contributed by atoms with Crippen LogP contribution in [-0.4, -0.2) is 24.1 Å². The lowest BCUT2D eigenvalue weighted by Gasteiger charge is -2.23. The quantitative estimate of drug-likeness (QED) is 0.292. The van der Waals surface area contributed by atoms with Gasteiger partial charge in [-0.15, -0.1) is 5.06 Å². The summed E-state index contributed by atoms with van der Waals surface area (Å²) >= 11 is 0. The summed E-state index contributed by atoms with van der Waals surface area (Å²) in [5.41, 5.74) is 2.00. The Morgan fingerprint density at radius 3 is 2.14 bits per heavy atom. The Kier molecular flexibility index (Phi) is 9.85. The Bertz CT molecular complexity index is 738. The molecule has 1 unspecified atom stereocenters. The van der Waals surface area contributed by atoms with E-state index in [1.165, 1.54) is 6.07 Å². The summed E-state index contributed by atoms with van der Waals surface area (Å²) in [4.78, 5) is 18.4. The number of nitrogens with zero attached hydrogens (tertiary/aromatic N) is 1. The average molecular weight is 400 g/mol. The minimum absolute atomic E-state index is 0.323. The van der Waals surface area contributed by atoms with Crippen LogP contribution >= 0.6 is 0 Å². The van der Waals surface area contributed by atoms with E-state index in [0.29, 0.717) is 11.1 Å². The molecule has 158 valence electrons. The highest BCUT2D eigenvalue weighted by atomic mass is 19.1. The van der Waals surface area contributed by atoms with Gasteiger partial charge in [-0.3, -0.25) is 0 Å². The van der Waals surface area contributed by atoms with E-state index in [9.17, 15) is 9.18 Å². The Balaban J connectivity index is 2.03. The standard InChI is InChI=1S/C25H34FNO2/c1-4-6-11-17-27(18-12-7-5-2)29-25(28)20(3)22-15-16-23(24(26)19-22)21-13-9-8-10-14-21/h8-10,13-16,19-20H,4-7,11-12,17-18H2,1-3H3. The van der Waals surface area contributed by atoms with Crippen molar-refractivity contribution >= 4 is 5.97 Å². The molecule has 0 aromatic heterocycles. The highest BCUT2D eigenvalue weighted by Gasteiger charge is 2.21. The summed E-state index contributed by atoms with van der Waals surface area (Å²) in [5, 5.41) is 1.79. The SMILES string of the molecule is CCCCCN(CCCCC)OC(=O)C(C)c1ccc(-c2ccccc2)c(F)c1. The molecule has 1 atom stereocenters. The van der Waals surface area contributed by atoms with Crippen LogP contribution in [-0.2, 0) is 9.63 Å². The van der Waals surface area contributed by atoms with Gasteiger partial charge in [-0.2, -0.15) is 0 Å². The van der Waals surface area contributed by atoms with Gasteiger partial charge in [-0.25, -0.2) is 9.18 Å². The van der Waals surface area contributed by atoms with Gasteiger partial charge in [-0.05, 0) is 37.0 Å². The predicted octanol–water partition coefficient (Wildman–Crippen LogP) is 6.74. The van der Waals surface area contributed by atoms with Crippen molar-refractivity contribution in [2.24, 2.45) is 0 Å². The molecule has 0 bridgehead atoms. The van der Waals surface area contributed by atoms with E-state index in [1.54, 1.807) is 18.1 Å². The third kappa shape index (κ3) is 7.28. The molecule has 0 fully saturated rings. The van der Waals surface area contributed by atoms with Crippen molar-refractivity contribution in [1.82, 2.24) is 5.06 Å². The van der Waals surface area contributed by atoms with Crippen LogP contribution in [0.2, 0.25) is 0 Å². The fourth-order valence-corrected chi connectivity index (χ4v) is 3.27. The summed E-state index contributed by atoms with van der Waals surface area (Å²) in [6.45, 7) is 7.58. The van der Waals surface area contributed by atoms with Crippen molar-refractivity contribution in [2.75, 3.05) is 13.1 Å². The van der Waals surface area contributed by atoms with Crippen LogP contribution in [0.4, 0.5) is 4.39 Å². The van der Waals surface area contributed by atoms with E-state index in [-0.39, 0.29) is 11.8 Å². The molecule has 2 rings (SSSR count). The largest absolute Gasteiger partial charge is 0.367 e. The van der Waals surface area contributed by atoms with Crippen molar-refractivity contribution < 1.29 is 14.0 Å². The van der Waals surface area contributed by atoms with E-state index in [2.05, 4.69) is 13.8 Å². The Morgan fingerprint density at radius 2 is 1.59 bits per heavy atom. The van der Waals surface area contributed by atoms with Gasteiger partial charge in [0.05, 0.1) is 5.92 Å². The van der Waals surface area contributed by atoms with Gasteiger partial charge in [0.25, 0.3) is 0 Å². The summed E-state index contributed by atoms with van der Waals surface area (Å²) in [6.07, 6.45) is 6.49. The van der Waals surface area contributed by atoms with Crippen molar-refractivity contribution in [3.8, 4) is 11.1 Å². The maximum Gasteiger partial charge on any atom is 0.332 e. The molecule has 0 N–H and O–H groups in total. The molecule has 2 aromatic rings. The van der Waals surface area contributed by atoms with Gasteiger partial charge in [0, 0.05) is 18.7 Å². The second kappa shape index (κ2) is 12.4. The van der Waals surface area contributed by atoms with Crippen LogP contribution in [0.1, 0.15) is 70.8 Å². The van der Waals surface area contributed by atoms with Crippen LogP contribution in [0.25, 0.3) is 11.1 Å². The monoisotopic (exact) mass is 399 g/mol. The van der Waals surface area contributed by atoms with E-state index in [0.717, 1.165) is 57.2 Å². The first-order chi connectivity index (χ1) is 14.1. The maximum absolute atomic E-state index is 14.7. The fraction of sp³-hybridized carbons (Fsp3) is 0.480. The van der Waals surface area contributed by atoms with Gasteiger partial charge < -0.3 is 4.84 Å². The summed E-state index contributed by atoms with van der Waals surface area (Å²) in [6, 6.07) is 14.4. The third-order valence-electron chi connectivity index (χ3n) is 5.17. The van der Waals surface area contributed by atoms with E-state index >= 15 is 0 Å². The molecular formula is C25H34FNO2. The van der Waals surface area contributed by atoms with Gasteiger partial charge in [-0.1, -0.05) is 82.0 Å². The number of benzene rings is 2. The second-order valence-corrected chi connectivity index (χ2v) is 7.58.